The normalized spacial score (nSPS) is 11.1. The smallest absolute Gasteiger partial charge is 0.352 e. The van der Waals surface area contributed by atoms with E-state index in [9.17, 15) is 22.8 Å². The number of hydrazine groups is 1. The van der Waals surface area contributed by atoms with Crippen molar-refractivity contribution in [1.82, 2.24) is 10.7 Å². The fraction of sp³-hybridized carbons (Fsp3) is 0.143. The molecule has 0 bridgehead atoms. The summed E-state index contributed by atoms with van der Waals surface area (Å²) in [5.41, 5.74) is 4.51. The lowest BCUT2D eigenvalue weighted by Crippen LogP contribution is -2.33. The Morgan fingerprint density at radius 1 is 0.862 bits per heavy atom. The molecular formula is C21H18F3N3O2. The van der Waals surface area contributed by atoms with Crippen molar-refractivity contribution in [3.05, 3.63) is 77.9 Å². The summed E-state index contributed by atoms with van der Waals surface area (Å²) in [6, 6.07) is 17.4. The van der Waals surface area contributed by atoms with Crippen LogP contribution < -0.4 is 16.2 Å². The molecule has 0 saturated heterocycles. The van der Waals surface area contributed by atoms with Crippen molar-refractivity contribution in [3.63, 3.8) is 0 Å². The van der Waals surface area contributed by atoms with E-state index < -0.39 is 17.6 Å². The van der Waals surface area contributed by atoms with E-state index in [0.29, 0.717) is 5.56 Å². The number of fused-ring (bicyclic) bond motifs is 1. The van der Waals surface area contributed by atoms with E-state index >= 15 is 0 Å². The van der Waals surface area contributed by atoms with Gasteiger partial charge in [-0.25, -0.2) is 0 Å². The summed E-state index contributed by atoms with van der Waals surface area (Å²) in [6.45, 7) is 0.0851. The third-order valence-corrected chi connectivity index (χ3v) is 4.19. The molecule has 3 aromatic rings. The van der Waals surface area contributed by atoms with Gasteiger partial charge in [-0.15, -0.1) is 0 Å². The molecule has 0 spiro atoms. The van der Waals surface area contributed by atoms with E-state index in [4.69, 9.17) is 0 Å². The summed E-state index contributed by atoms with van der Waals surface area (Å²) in [6.07, 6.45) is -4.50. The molecule has 0 aliphatic heterocycles. The first-order valence-corrected chi connectivity index (χ1v) is 8.82. The number of alkyl halides is 3. The van der Waals surface area contributed by atoms with E-state index in [1.807, 2.05) is 30.3 Å². The predicted molar refractivity (Wildman–Crippen MR) is 104 cm³/mol. The van der Waals surface area contributed by atoms with Crippen LogP contribution in [0.1, 0.15) is 22.3 Å². The number of anilines is 1. The number of carbonyl (C=O) groups is 2. The number of benzene rings is 3. The highest BCUT2D eigenvalue weighted by Gasteiger charge is 2.30. The van der Waals surface area contributed by atoms with Gasteiger partial charge in [0.25, 0.3) is 5.91 Å². The third-order valence-electron chi connectivity index (χ3n) is 4.19. The third kappa shape index (κ3) is 5.47. The lowest BCUT2D eigenvalue weighted by Gasteiger charge is -2.12. The maximum Gasteiger partial charge on any atom is 0.416 e. The minimum atomic E-state index is -4.46. The van der Waals surface area contributed by atoms with Gasteiger partial charge in [-0.3, -0.25) is 20.4 Å². The highest BCUT2D eigenvalue weighted by Crippen LogP contribution is 2.30. The van der Waals surface area contributed by atoms with Crippen LogP contribution in [0.2, 0.25) is 0 Å². The van der Waals surface area contributed by atoms with Crippen LogP contribution in [0.15, 0.2) is 66.7 Å². The molecule has 0 saturated carbocycles. The second-order valence-corrected chi connectivity index (χ2v) is 6.32. The molecule has 0 heterocycles. The lowest BCUT2D eigenvalue weighted by atomic mass is 10.1. The molecule has 0 atom stereocenters. The molecule has 0 aliphatic carbocycles. The van der Waals surface area contributed by atoms with Gasteiger partial charge in [0, 0.05) is 18.5 Å². The molecule has 3 aromatic carbocycles. The summed E-state index contributed by atoms with van der Waals surface area (Å²) in [7, 11) is 0. The van der Waals surface area contributed by atoms with Crippen molar-refractivity contribution < 1.29 is 22.8 Å². The Morgan fingerprint density at radius 2 is 1.62 bits per heavy atom. The molecule has 5 nitrogen and oxygen atoms in total. The first kappa shape index (κ1) is 20.2. The molecule has 0 aromatic heterocycles. The van der Waals surface area contributed by atoms with Crippen LogP contribution in [0.3, 0.4) is 0 Å². The van der Waals surface area contributed by atoms with Crippen molar-refractivity contribution in [1.29, 1.82) is 0 Å². The zero-order valence-electron chi connectivity index (χ0n) is 15.2. The highest BCUT2D eigenvalue weighted by molar-refractivity contribution is 5.98. The summed E-state index contributed by atoms with van der Waals surface area (Å²) in [5.74, 6) is -0.782. The molecular weight excluding hydrogens is 383 g/mol. The molecule has 0 aliphatic rings. The topological polar surface area (TPSA) is 70.2 Å². The van der Waals surface area contributed by atoms with Gasteiger partial charge < -0.3 is 5.32 Å². The number of hydrogen-bond acceptors (Lipinski definition) is 3. The zero-order valence-corrected chi connectivity index (χ0v) is 15.2. The maximum atomic E-state index is 12.7. The Labute approximate surface area is 164 Å². The van der Waals surface area contributed by atoms with E-state index in [1.165, 1.54) is 12.1 Å². The summed E-state index contributed by atoms with van der Waals surface area (Å²) < 4.78 is 38.0. The van der Waals surface area contributed by atoms with Crippen LogP contribution in [-0.4, -0.2) is 18.4 Å². The maximum absolute atomic E-state index is 12.7. The minimum absolute atomic E-state index is 0.0364. The summed E-state index contributed by atoms with van der Waals surface area (Å²) >= 11 is 0. The molecule has 0 radical (unpaired) electrons. The van der Waals surface area contributed by atoms with Gasteiger partial charge in [0.15, 0.2) is 0 Å². The van der Waals surface area contributed by atoms with Gasteiger partial charge >= 0.3 is 6.18 Å². The van der Waals surface area contributed by atoms with Crippen LogP contribution in [0.5, 0.6) is 0 Å². The van der Waals surface area contributed by atoms with Crippen molar-refractivity contribution in [2.24, 2.45) is 0 Å². The fourth-order valence-electron chi connectivity index (χ4n) is 2.70. The number of nitrogens with one attached hydrogen (secondary N) is 3. The largest absolute Gasteiger partial charge is 0.416 e. The summed E-state index contributed by atoms with van der Waals surface area (Å²) in [4.78, 5) is 24.1. The monoisotopic (exact) mass is 401 g/mol. The quantitative estimate of drug-likeness (QED) is 0.544. The summed E-state index contributed by atoms with van der Waals surface area (Å²) in [5, 5.41) is 4.60. The van der Waals surface area contributed by atoms with E-state index in [1.54, 1.807) is 12.1 Å². The Hall–Kier alpha value is -3.55. The van der Waals surface area contributed by atoms with Gasteiger partial charge in [0.2, 0.25) is 5.91 Å². The van der Waals surface area contributed by atoms with Crippen LogP contribution >= 0.6 is 0 Å². The lowest BCUT2D eigenvalue weighted by molar-refractivity contribution is -0.137. The standard InChI is InChI=1S/C21H18F3N3O2/c22-21(23,24)17-6-3-7-18(13-17)26-27-19(28)10-11-25-20(29)16-9-8-14-4-1-2-5-15(14)12-16/h1-9,12-13,26H,10-11H2,(H,25,29)(H,27,28). The number of halogens is 3. The molecule has 3 N–H and O–H groups in total. The minimum Gasteiger partial charge on any atom is -0.352 e. The van der Waals surface area contributed by atoms with Gasteiger partial charge in [-0.1, -0.05) is 36.4 Å². The SMILES string of the molecule is O=C(CCNC(=O)c1ccc2ccccc2c1)NNc1cccc(C(F)(F)F)c1. The zero-order chi connectivity index (χ0) is 20.9. The van der Waals surface area contributed by atoms with Crippen LogP contribution in [0.4, 0.5) is 18.9 Å². The first-order valence-electron chi connectivity index (χ1n) is 8.82. The average molecular weight is 401 g/mol. The van der Waals surface area contributed by atoms with Gasteiger partial charge in [-0.05, 0) is 41.1 Å². The number of hydrogen-bond donors (Lipinski definition) is 3. The molecule has 0 unspecified atom stereocenters. The molecule has 3 rings (SSSR count). The van der Waals surface area contributed by atoms with Crippen molar-refractivity contribution >= 4 is 28.3 Å². The van der Waals surface area contributed by atoms with Crippen molar-refractivity contribution in [3.8, 4) is 0 Å². The first-order chi connectivity index (χ1) is 13.8. The Balaban J connectivity index is 1.46. The van der Waals surface area contributed by atoms with Gasteiger partial charge in [0.05, 0.1) is 11.3 Å². The molecule has 8 heteroatoms. The van der Waals surface area contributed by atoms with E-state index in [-0.39, 0.29) is 24.6 Å². The Morgan fingerprint density at radius 3 is 2.38 bits per heavy atom. The molecule has 0 fully saturated rings. The van der Waals surface area contributed by atoms with Crippen LogP contribution in [0, 0.1) is 0 Å². The van der Waals surface area contributed by atoms with E-state index in [0.717, 1.165) is 22.9 Å². The van der Waals surface area contributed by atoms with Crippen molar-refractivity contribution in [2.45, 2.75) is 12.6 Å². The Bertz CT molecular complexity index is 1030. The van der Waals surface area contributed by atoms with Crippen LogP contribution in [0.25, 0.3) is 10.8 Å². The number of amides is 2. The molecule has 2 amide bonds. The Kier molecular flexibility index (Phi) is 6.01. The van der Waals surface area contributed by atoms with Gasteiger partial charge in [-0.2, -0.15) is 13.2 Å². The predicted octanol–water partition coefficient (Wildman–Crippen LogP) is 4.12. The molecule has 29 heavy (non-hydrogen) atoms. The second kappa shape index (κ2) is 8.64. The van der Waals surface area contributed by atoms with Crippen LogP contribution in [-0.2, 0) is 11.0 Å². The van der Waals surface area contributed by atoms with Crippen molar-refractivity contribution in [2.75, 3.05) is 12.0 Å². The second-order valence-electron chi connectivity index (χ2n) is 6.32. The fourth-order valence-corrected chi connectivity index (χ4v) is 2.70. The number of rotatable bonds is 6. The number of carbonyl (C=O) groups excluding carboxylic acids is 2. The molecule has 150 valence electrons. The van der Waals surface area contributed by atoms with E-state index in [2.05, 4.69) is 16.2 Å². The van der Waals surface area contributed by atoms with Gasteiger partial charge in [0.1, 0.15) is 0 Å². The average Bonchev–Trinajstić information content (AvgIpc) is 2.71. The highest BCUT2D eigenvalue weighted by atomic mass is 19.4.